The first-order chi connectivity index (χ1) is 6.08. The van der Waals surface area contributed by atoms with E-state index in [2.05, 4.69) is 4.52 Å². The number of hydrogen-bond acceptors (Lipinski definition) is 3. The van der Waals surface area contributed by atoms with E-state index in [1.165, 1.54) is 12.1 Å². The molecule has 0 aliphatic heterocycles. The van der Waals surface area contributed by atoms with Crippen LogP contribution in [0.15, 0.2) is 30.3 Å². The largest absolute Gasteiger partial charge is 0.359 e. The van der Waals surface area contributed by atoms with Crippen LogP contribution in [0.1, 0.15) is 10.4 Å². The molecule has 1 aromatic rings. The van der Waals surface area contributed by atoms with E-state index in [1.807, 2.05) is 0 Å². The third-order valence-electron chi connectivity index (χ3n) is 1.50. The Balaban J connectivity index is 3.00. The number of benzene rings is 1. The zero-order valence-corrected chi connectivity index (χ0v) is 8.59. The molecule has 0 aliphatic carbocycles. The molecule has 1 atom stereocenters. The molecule has 1 aromatic carbocycles. The molecule has 0 N–H and O–H groups in total. The third kappa shape index (κ3) is 2.41. The van der Waals surface area contributed by atoms with Crippen molar-refractivity contribution in [1.82, 2.24) is 0 Å². The van der Waals surface area contributed by atoms with Crippen LogP contribution >= 0.6 is 18.0 Å². The van der Waals surface area contributed by atoms with E-state index in [0.717, 1.165) is 7.11 Å². The summed E-state index contributed by atoms with van der Waals surface area (Å²) in [7, 11) is 1.15. The van der Waals surface area contributed by atoms with Crippen molar-refractivity contribution in [3.63, 3.8) is 0 Å². The minimum atomic E-state index is -3.65. The Labute approximate surface area is 80.9 Å². The standard InChI is InChI=1S/C8H8ClO3P/c1-12-13(9,11)8(10)7-5-3-2-4-6-7/h2-6H,1H3. The highest BCUT2D eigenvalue weighted by Crippen LogP contribution is 2.54. The molecule has 0 aliphatic rings. The lowest BCUT2D eigenvalue weighted by molar-refractivity contribution is 0.106. The van der Waals surface area contributed by atoms with Crippen molar-refractivity contribution in [1.29, 1.82) is 0 Å². The van der Waals surface area contributed by atoms with Crippen molar-refractivity contribution < 1.29 is 13.9 Å². The normalized spacial score (nSPS) is 14.9. The number of hydrogen-bond donors (Lipinski definition) is 0. The minimum Gasteiger partial charge on any atom is -0.315 e. The van der Waals surface area contributed by atoms with E-state index >= 15 is 0 Å². The smallest absolute Gasteiger partial charge is 0.315 e. The van der Waals surface area contributed by atoms with Crippen LogP contribution in [0.2, 0.25) is 0 Å². The Morgan fingerprint density at radius 3 is 2.38 bits per heavy atom. The highest BCUT2D eigenvalue weighted by molar-refractivity contribution is 7.98. The molecule has 0 fully saturated rings. The summed E-state index contributed by atoms with van der Waals surface area (Å²) < 4.78 is 15.7. The van der Waals surface area contributed by atoms with Gasteiger partial charge in [-0.1, -0.05) is 30.3 Å². The summed E-state index contributed by atoms with van der Waals surface area (Å²) in [6, 6.07) is 8.16. The molecule has 0 heterocycles. The van der Waals surface area contributed by atoms with Crippen LogP contribution in [-0.2, 0) is 9.09 Å². The number of rotatable bonds is 3. The monoisotopic (exact) mass is 218 g/mol. The molecule has 5 heteroatoms. The average molecular weight is 219 g/mol. The summed E-state index contributed by atoms with van der Waals surface area (Å²) in [5.41, 5.74) is -0.375. The van der Waals surface area contributed by atoms with Gasteiger partial charge in [-0.05, 0) is 11.2 Å². The van der Waals surface area contributed by atoms with Gasteiger partial charge in [0.05, 0.1) is 0 Å². The first-order valence-corrected chi connectivity index (χ1v) is 6.06. The van der Waals surface area contributed by atoms with Gasteiger partial charge in [-0.25, -0.2) is 0 Å². The molecular weight excluding hydrogens is 211 g/mol. The summed E-state index contributed by atoms with van der Waals surface area (Å²) in [4.78, 5) is 11.4. The molecule has 0 amide bonds. The van der Waals surface area contributed by atoms with Gasteiger partial charge in [0.2, 0.25) is 0 Å². The predicted octanol–water partition coefficient (Wildman–Crippen LogP) is 2.91. The van der Waals surface area contributed by atoms with Crippen molar-refractivity contribution in [2.45, 2.75) is 0 Å². The first-order valence-electron chi connectivity index (χ1n) is 3.53. The Morgan fingerprint density at radius 2 is 1.92 bits per heavy atom. The van der Waals surface area contributed by atoms with Gasteiger partial charge in [-0.2, -0.15) is 0 Å². The highest BCUT2D eigenvalue weighted by atomic mass is 35.7. The molecule has 3 nitrogen and oxygen atoms in total. The number of halogens is 1. The molecule has 70 valence electrons. The van der Waals surface area contributed by atoms with Crippen LogP contribution in [0.4, 0.5) is 0 Å². The lowest BCUT2D eigenvalue weighted by Crippen LogP contribution is -1.97. The van der Waals surface area contributed by atoms with E-state index in [9.17, 15) is 9.36 Å². The molecule has 0 radical (unpaired) electrons. The first kappa shape index (κ1) is 10.5. The second-order valence-electron chi connectivity index (χ2n) is 2.33. The van der Waals surface area contributed by atoms with E-state index in [-0.39, 0.29) is 0 Å². The molecule has 0 spiro atoms. The Bertz CT molecular complexity index is 350. The van der Waals surface area contributed by atoms with Crippen molar-refractivity contribution in [2.24, 2.45) is 0 Å². The van der Waals surface area contributed by atoms with Gasteiger partial charge in [-0.3, -0.25) is 9.36 Å². The maximum absolute atomic E-state index is 11.4. The molecule has 0 bridgehead atoms. The Hall–Kier alpha value is -0.630. The van der Waals surface area contributed by atoms with Gasteiger partial charge in [0.25, 0.3) is 5.52 Å². The summed E-state index contributed by atoms with van der Waals surface area (Å²) in [5.74, 6) is 0. The van der Waals surface area contributed by atoms with Crippen molar-refractivity contribution in [2.75, 3.05) is 7.11 Å². The van der Waals surface area contributed by atoms with Crippen molar-refractivity contribution in [3.8, 4) is 0 Å². The number of carbonyl (C=O) groups is 1. The average Bonchev–Trinajstić information content (AvgIpc) is 2.18. The molecule has 0 saturated heterocycles. The molecule has 0 aromatic heterocycles. The maximum Gasteiger partial charge on any atom is 0.359 e. The van der Waals surface area contributed by atoms with E-state index in [1.54, 1.807) is 18.2 Å². The van der Waals surface area contributed by atoms with Crippen LogP contribution < -0.4 is 0 Å². The summed E-state index contributed by atoms with van der Waals surface area (Å²) in [6.45, 7) is -3.65. The summed E-state index contributed by atoms with van der Waals surface area (Å²) in [5, 5.41) is 0. The van der Waals surface area contributed by atoms with Crippen LogP contribution in [0.5, 0.6) is 0 Å². The molecular formula is C8H8ClO3P. The van der Waals surface area contributed by atoms with Gasteiger partial charge < -0.3 is 4.52 Å². The fourth-order valence-corrected chi connectivity index (χ4v) is 1.73. The van der Waals surface area contributed by atoms with Gasteiger partial charge in [0, 0.05) is 12.7 Å². The second-order valence-corrected chi connectivity index (χ2v) is 5.40. The van der Waals surface area contributed by atoms with Crippen molar-refractivity contribution in [3.05, 3.63) is 35.9 Å². The highest BCUT2D eigenvalue weighted by Gasteiger charge is 2.29. The summed E-state index contributed by atoms with van der Waals surface area (Å²) in [6.07, 6.45) is 0. The lowest BCUT2D eigenvalue weighted by Gasteiger charge is -2.05. The lowest BCUT2D eigenvalue weighted by atomic mass is 10.2. The molecule has 13 heavy (non-hydrogen) atoms. The minimum absolute atomic E-state index is 0.294. The second kappa shape index (κ2) is 4.05. The molecule has 1 unspecified atom stereocenters. The van der Waals surface area contributed by atoms with E-state index < -0.39 is 12.2 Å². The van der Waals surface area contributed by atoms with Gasteiger partial charge in [0.15, 0.2) is 0 Å². The van der Waals surface area contributed by atoms with E-state index in [4.69, 9.17) is 11.2 Å². The van der Waals surface area contributed by atoms with E-state index in [0.29, 0.717) is 5.56 Å². The zero-order chi connectivity index (χ0) is 9.90. The van der Waals surface area contributed by atoms with Crippen LogP contribution in [0, 0.1) is 0 Å². The Morgan fingerprint density at radius 1 is 1.38 bits per heavy atom. The van der Waals surface area contributed by atoms with Crippen LogP contribution in [-0.4, -0.2) is 12.6 Å². The SMILES string of the molecule is COP(=O)(Cl)C(=O)c1ccccc1. The van der Waals surface area contributed by atoms with Gasteiger partial charge >= 0.3 is 6.72 Å². The van der Waals surface area contributed by atoms with Gasteiger partial charge in [-0.15, -0.1) is 0 Å². The van der Waals surface area contributed by atoms with Crippen molar-refractivity contribution >= 4 is 23.5 Å². The van der Waals surface area contributed by atoms with Gasteiger partial charge in [0.1, 0.15) is 0 Å². The van der Waals surface area contributed by atoms with Crippen LogP contribution in [0.25, 0.3) is 0 Å². The summed E-state index contributed by atoms with van der Waals surface area (Å²) >= 11 is 5.39. The molecule has 1 rings (SSSR count). The van der Waals surface area contributed by atoms with Crippen LogP contribution in [0.3, 0.4) is 0 Å². The predicted molar refractivity (Wildman–Crippen MR) is 51.2 cm³/mol. The zero-order valence-electron chi connectivity index (χ0n) is 6.94. The third-order valence-corrected chi connectivity index (χ3v) is 3.59. The molecule has 0 saturated carbocycles. The topological polar surface area (TPSA) is 43.4 Å². The fraction of sp³-hybridized carbons (Fsp3) is 0.125. The maximum atomic E-state index is 11.4. The number of carbonyl (C=O) groups excluding carboxylic acids is 1. The quantitative estimate of drug-likeness (QED) is 0.733. The Kier molecular flexibility index (Phi) is 3.26. The fourth-order valence-electron chi connectivity index (χ4n) is 0.818.